The first-order valence-electron chi connectivity index (χ1n) is 12.3. The summed E-state index contributed by atoms with van der Waals surface area (Å²) in [6, 6.07) is 23.1. The second-order valence-corrected chi connectivity index (χ2v) is 10.1. The van der Waals surface area contributed by atoms with Crippen LogP contribution < -0.4 is 4.74 Å². The van der Waals surface area contributed by atoms with Crippen molar-refractivity contribution in [3.8, 4) is 22.7 Å². The Hall–Kier alpha value is -3.91. The van der Waals surface area contributed by atoms with E-state index in [1.54, 1.807) is 51.8 Å². The quantitative estimate of drug-likeness (QED) is 0.295. The zero-order valence-corrected chi connectivity index (χ0v) is 22.7. The maximum atomic E-state index is 14.9. The number of nitrogens with zero attached hydrogens (tertiary/aromatic N) is 3. The Balaban J connectivity index is 1.42. The standard InChI is InChI=1S/C30H27BrFN3O3/c1-20-25(30(37)34-17-15-33(16-18-34)29(36)22-7-11-23(31)12-8-22)19-28(21-9-13-24(38-2)14-10-21)35(20)27-6-4-3-5-26(27)32/h3-14,19H,15-18H2,1-2H3. The van der Waals surface area contributed by atoms with Crippen LogP contribution in [0.15, 0.2) is 83.3 Å². The van der Waals surface area contributed by atoms with Crippen LogP contribution in [0.2, 0.25) is 0 Å². The number of rotatable bonds is 5. The predicted octanol–water partition coefficient (Wildman–Crippen LogP) is 5.96. The number of aromatic nitrogens is 1. The molecule has 0 N–H and O–H groups in total. The first-order valence-corrected chi connectivity index (χ1v) is 13.1. The van der Waals surface area contributed by atoms with Gasteiger partial charge in [0.1, 0.15) is 11.6 Å². The topological polar surface area (TPSA) is 54.8 Å². The maximum absolute atomic E-state index is 14.9. The molecule has 1 aliphatic rings. The molecule has 0 atom stereocenters. The van der Waals surface area contributed by atoms with Gasteiger partial charge < -0.3 is 19.1 Å². The van der Waals surface area contributed by atoms with Crippen molar-refractivity contribution in [1.29, 1.82) is 0 Å². The molecule has 1 aromatic heterocycles. The normalized spacial score (nSPS) is 13.5. The van der Waals surface area contributed by atoms with E-state index >= 15 is 0 Å². The highest BCUT2D eigenvalue weighted by molar-refractivity contribution is 9.10. The van der Waals surface area contributed by atoms with E-state index in [-0.39, 0.29) is 17.6 Å². The number of methoxy groups -OCH3 is 1. The predicted molar refractivity (Wildman–Crippen MR) is 148 cm³/mol. The number of hydrogen-bond donors (Lipinski definition) is 0. The molecule has 3 aromatic carbocycles. The number of ether oxygens (including phenoxy) is 1. The number of benzene rings is 3. The van der Waals surface area contributed by atoms with Gasteiger partial charge in [0, 0.05) is 41.9 Å². The summed E-state index contributed by atoms with van der Waals surface area (Å²) in [5.41, 5.74) is 3.70. The molecular weight excluding hydrogens is 549 g/mol. The third-order valence-electron chi connectivity index (χ3n) is 6.90. The van der Waals surface area contributed by atoms with E-state index in [0.717, 1.165) is 10.0 Å². The van der Waals surface area contributed by atoms with Crippen LogP contribution in [0.25, 0.3) is 16.9 Å². The highest BCUT2D eigenvalue weighted by Gasteiger charge is 2.29. The molecule has 194 valence electrons. The Morgan fingerprint density at radius 3 is 2.05 bits per heavy atom. The van der Waals surface area contributed by atoms with Crippen LogP contribution in [0, 0.1) is 12.7 Å². The molecule has 0 spiro atoms. The molecular formula is C30H27BrFN3O3. The van der Waals surface area contributed by atoms with Crippen molar-refractivity contribution in [3.63, 3.8) is 0 Å². The van der Waals surface area contributed by atoms with E-state index in [0.29, 0.717) is 60.1 Å². The SMILES string of the molecule is COc1ccc(-c2cc(C(=O)N3CCN(C(=O)c4ccc(Br)cc4)CC3)c(C)n2-c2ccccc2F)cc1. The number of hydrogen-bond acceptors (Lipinski definition) is 3. The number of carbonyl (C=O) groups is 2. The summed E-state index contributed by atoms with van der Waals surface area (Å²) < 4.78 is 22.9. The van der Waals surface area contributed by atoms with Gasteiger partial charge in [-0.05, 0) is 79.2 Å². The first-order chi connectivity index (χ1) is 18.4. The Labute approximate surface area is 229 Å². The lowest BCUT2D eigenvalue weighted by Gasteiger charge is -2.35. The lowest BCUT2D eigenvalue weighted by Crippen LogP contribution is -2.50. The Kier molecular flexibility index (Phi) is 7.33. The summed E-state index contributed by atoms with van der Waals surface area (Å²) in [6.45, 7) is 3.56. The highest BCUT2D eigenvalue weighted by Crippen LogP contribution is 2.32. The maximum Gasteiger partial charge on any atom is 0.255 e. The van der Waals surface area contributed by atoms with Crippen molar-refractivity contribution in [1.82, 2.24) is 14.4 Å². The third-order valence-corrected chi connectivity index (χ3v) is 7.43. The van der Waals surface area contributed by atoms with Crippen molar-refractivity contribution in [2.45, 2.75) is 6.92 Å². The van der Waals surface area contributed by atoms with Gasteiger partial charge in [-0.25, -0.2) is 4.39 Å². The van der Waals surface area contributed by atoms with Crippen LogP contribution in [-0.2, 0) is 0 Å². The average Bonchev–Trinajstić information content (AvgIpc) is 3.29. The zero-order valence-electron chi connectivity index (χ0n) is 21.2. The minimum atomic E-state index is -0.375. The van der Waals surface area contributed by atoms with Gasteiger partial charge in [0.05, 0.1) is 24.1 Å². The van der Waals surface area contributed by atoms with Crippen LogP contribution in [0.4, 0.5) is 4.39 Å². The van der Waals surface area contributed by atoms with Crippen molar-refractivity contribution < 1.29 is 18.7 Å². The van der Waals surface area contributed by atoms with Gasteiger partial charge in [-0.1, -0.05) is 28.1 Å². The molecule has 1 aliphatic heterocycles. The summed E-state index contributed by atoms with van der Waals surface area (Å²) in [5.74, 6) is 0.151. The van der Waals surface area contributed by atoms with Crippen LogP contribution in [0.3, 0.4) is 0 Å². The second-order valence-electron chi connectivity index (χ2n) is 9.14. The van der Waals surface area contributed by atoms with E-state index in [4.69, 9.17) is 4.74 Å². The lowest BCUT2D eigenvalue weighted by molar-refractivity contribution is 0.0535. The number of amides is 2. The molecule has 8 heteroatoms. The van der Waals surface area contributed by atoms with E-state index in [1.807, 2.05) is 49.4 Å². The molecule has 4 aromatic rings. The first kappa shape index (κ1) is 25.7. The van der Waals surface area contributed by atoms with Crippen molar-refractivity contribution in [2.24, 2.45) is 0 Å². The molecule has 2 amide bonds. The summed E-state index contributed by atoms with van der Waals surface area (Å²) in [5, 5.41) is 0. The molecule has 1 fully saturated rings. The third kappa shape index (κ3) is 4.96. The highest BCUT2D eigenvalue weighted by atomic mass is 79.9. The minimum absolute atomic E-state index is 0.0479. The van der Waals surface area contributed by atoms with Crippen molar-refractivity contribution in [2.75, 3.05) is 33.3 Å². The smallest absolute Gasteiger partial charge is 0.255 e. The van der Waals surface area contributed by atoms with E-state index in [9.17, 15) is 14.0 Å². The molecule has 2 heterocycles. The molecule has 0 aliphatic carbocycles. The zero-order chi connectivity index (χ0) is 26.8. The fourth-order valence-corrected chi connectivity index (χ4v) is 5.06. The summed E-state index contributed by atoms with van der Waals surface area (Å²) in [6.07, 6.45) is 0. The van der Waals surface area contributed by atoms with Crippen LogP contribution in [-0.4, -0.2) is 59.5 Å². The Bertz CT molecular complexity index is 1470. The second kappa shape index (κ2) is 10.8. The summed E-state index contributed by atoms with van der Waals surface area (Å²) in [7, 11) is 1.60. The Morgan fingerprint density at radius 1 is 0.842 bits per heavy atom. The lowest BCUT2D eigenvalue weighted by atomic mass is 10.1. The van der Waals surface area contributed by atoms with Gasteiger partial charge in [0.15, 0.2) is 0 Å². The van der Waals surface area contributed by atoms with Gasteiger partial charge in [-0.3, -0.25) is 9.59 Å². The summed E-state index contributed by atoms with van der Waals surface area (Å²) in [4.78, 5) is 30.2. The summed E-state index contributed by atoms with van der Waals surface area (Å²) >= 11 is 3.39. The van der Waals surface area contributed by atoms with Gasteiger partial charge in [0.2, 0.25) is 0 Å². The van der Waals surface area contributed by atoms with Crippen LogP contribution >= 0.6 is 15.9 Å². The fourth-order valence-electron chi connectivity index (χ4n) is 4.80. The van der Waals surface area contributed by atoms with Gasteiger partial charge in [-0.2, -0.15) is 0 Å². The largest absolute Gasteiger partial charge is 0.497 e. The van der Waals surface area contributed by atoms with Crippen molar-refractivity contribution >= 4 is 27.7 Å². The molecule has 1 saturated heterocycles. The van der Waals surface area contributed by atoms with Gasteiger partial charge >= 0.3 is 0 Å². The van der Waals surface area contributed by atoms with Gasteiger partial charge in [-0.15, -0.1) is 0 Å². The molecule has 5 rings (SSSR count). The number of carbonyl (C=O) groups excluding carboxylic acids is 2. The van der Waals surface area contributed by atoms with E-state index in [2.05, 4.69) is 15.9 Å². The number of piperazine rings is 1. The molecule has 0 radical (unpaired) electrons. The average molecular weight is 576 g/mol. The van der Waals surface area contributed by atoms with Crippen molar-refractivity contribution in [3.05, 3.63) is 106 Å². The van der Waals surface area contributed by atoms with E-state index < -0.39 is 0 Å². The number of para-hydroxylation sites is 1. The monoisotopic (exact) mass is 575 g/mol. The molecule has 6 nitrogen and oxygen atoms in total. The molecule has 0 bridgehead atoms. The molecule has 0 unspecified atom stereocenters. The van der Waals surface area contributed by atoms with Gasteiger partial charge in [0.25, 0.3) is 11.8 Å². The Morgan fingerprint density at radius 2 is 1.45 bits per heavy atom. The number of halogens is 2. The van der Waals surface area contributed by atoms with Crippen LogP contribution in [0.5, 0.6) is 5.75 Å². The molecule has 38 heavy (non-hydrogen) atoms. The van der Waals surface area contributed by atoms with E-state index in [1.165, 1.54) is 6.07 Å². The minimum Gasteiger partial charge on any atom is -0.497 e. The van der Waals surface area contributed by atoms with Crippen LogP contribution in [0.1, 0.15) is 26.4 Å². The fraction of sp³-hybridized carbons (Fsp3) is 0.200. The molecule has 0 saturated carbocycles.